The smallest absolute Gasteiger partial charge is 0.168 e. The fourth-order valence-corrected chi connectivity index (χ4v) is 1.34. The van der Waals surface area contributed by atoms with Crippen molar-refractivity contribution in [3.05, 3.63) is 18.3 Å². The zero-order chi connectivity index (χ0) is 13.1. The lowest BCUT2D eigenvalue weighted by Gasteiger charge is -2.11. The lowest BCUT2D eigenvalue weighted by molar-refractivity contribution is 0.0759. The summed E-state index contributed by atoms with van der Waals surface area (Å²) in [6.07, 6.45) is 2.72. The van der Waals surface area contributed by atoms with E-state index in [1.165, 1.54) is 0 Å². The topological polar surface area (TPSA) is 52.6 Å². The second kappa shape index (κ2) is 9.67. The molecule has 0 aliphatic heterocycles. The maximum atomic E-state index is 5.60. The van der Waals surface area contributed by atoms with Gasteiger partial charge in [-0.2, -0.15) is 0 Å². The van der Waals surface area contributed by atoms with Crippen molar-refractivity contribution in [2.24, 2.45) is 0 Å². The van der Waals surface area contributed by atoms with Crippen molar-refractivity contribution in [1.82, 2.24) is 4.98 Å². The van der Waals surface area contributed by atoms with Crippen molar-refractivity contribution in [3.63, 3.8) is 0 Å². The monoisotopic (exact) mass is 254 g/mol. The van der Waals surface area contributed by atoms with E-state index in [-0.39, 0.29) is 0 Å². The van der Waals surface area contributed by atoms with E-state index in [1.54, 1.807) is 13.3 Å². The van der Waals surface area contributed by atoms with Crippen LogP contribution in [0.5, 0.6) is 5.75 Å². The third kappa shape index (κ3) is 5.84. The molecule has 0 aliphatic rings. The Morgan fingerprint density at radius 2 is 2.11 bits per heavy atom. The van der Waals surface area contributed by atoms with Gasteiger partial charge >= 0.3 is 0 Å². The fourth-order valence-electron chi connectivity index (χ4n) is 1.34. The van der Waals surface area contributed by atoms with E-state index < -0.39 is 0 Å². The van der Waals surface area contributed by atoms with Crippen molar-refractivity contribution in [1.29, 1.82) is 0 Å². The average Bonchev–Trinajstić information content (AvgIpc) is 2.41. The summed E-state index contributed by atoms with van der Waals surface area (Å²) in [5.41, 5.74) is 0. The van der Waals surface area contributed by atoms with E-state index in [2.05, 4.69) is 17.2 Å². The number of ether oxygens (including phenoxy) is 3. The lowest BCUT2D eigenvalue weighted by atomic mass is 10.4. The van der Waals surface area contributed by atoms with Gasteiger partial charge in [-0.05, 0) is 18.6 Å². The Hall–Kier alpha value is -1.33. The van der Waals surface area contributed by atoms with Crippen molar-refractivity contribution in [2.45, 2.75) is 13.3 Å². The number of aromatic nitrogens is 1. The van der Waals surface area contributed by atoms with Crippen LogP contribution in [0.4, 0.5) is 5.82 Å². The molecule has 5 heteroatoms. The molecule has 0 saturated carbocycles. The molecule has 0 spiro atoms. The van der Waals surface area contributed by atoms with E-state index in [0.717, 1.165) is 18.0 Å². The molecule has 1 aromatic rings. The molecule has 1 heterocycles. The summed E-state index contributed by atoms with van der Waals surface area (Å²) < 4.78 is 15.8. The van der Waals surface area contributed by atoms with Gasteiger partial charge in [0.05, 0.1) is 26.4 Å². The van der Waals surface area contributed by atoms with Gasteiger partial charge in [0.25, 0.3) is 0 Å². The largest absolute Gasteiger partial charge is 0.490 e. The number of methoxy groups -OCH3 is 1. The molecule has 0 fully saturated rings. The predicted molar refractivity (Wildman–Crippen MR) is 71.2 cm³/mol. The maximum Gasteiger partial charge on any atom is 0.168 e. The Morgan fingerprint density at radius 1 is 1.22 bits per heavy atom. The molecule has 0 aliphatic carbocycles. The van der Waals surface area contributed by atoms with Gasteiger partial charge in [-0.3, -0.25) is 0 Å². The number of nitrogens with zero attached hydrogens (tertiary/aromatic N) is 1. The number of pyridine rings is 1. The van der Waals surface area contributed by atoms with E-state index in [1.807, 2.05) is 12.1 Å². The van der Waals surface area contributed by atoms with Crippen molar-refractivity contribution < 1.29 is 14.2 Å². The highest BCUT2D eigenvalue weighted by Crippen LogP contribution is 2.20. The van der Waals surface area contributed by atoms with Crippen LogP contribution in [0.15, 0.2) is 18.3 Å². The minimum absolute atomic E-state index is 0.611. The highest BCUT2D eigenvalue weighted by atomic mass is 16.5. The molecule has 0 bridgehead atoms. The van der Waals surface area contributed by atoms with Gasteiger partial charge in [-0.1, -0.05) is 6.92 Å². The molecule has 102 valence electrons. The van der Waals surface area contributed by atoms with Gasteiger partial charge in [0, 0.05) is 19.9 Å². The third-order valence-electron chi connectivity index (χ3n) is 2.20. The molecule has 0 radical (unpaired) electrons. The second-order valence-corrected chi connectivity index (χ2v) is 3.73. The molecule has 0 unspecified atom stereocenters. The van der Waals surface area contributed by atoms with E-state index in [0.29, 0.717) is 33.0 Å². The van der Waals surface area contributed by atoms with Crippen LogP contribution in [0.3, 0.4) is 0 Å². The average molecular weight is 254 g/mol. The van der Waals surface area contributed by atoms with Crippen LogP contribution in [0.1, 0.15) is 13.3 Å². The quantitative estimate of drug-likeness (QED) is 0.647. The summed E-state index contributed by atoms with van der Waals surface area (Å²) in [6, 6.07) is 3.78. The first kappa shape index (κ1) is 14.7. The molecule has 1 aromatic heterocycles. The number of nitrogens with one attached hydrogen (secondary N) is 1. The van der Waals surface area contributed by atoms with Gasteiger partial charge in [0.1, 0.15) is 0 Å². The number of hydrogen-bond donors (Lipinski definition) is 1. The Kier molecular flexibility index (Phi) is 7.92. The van der Waals surface area contributed by atoms with Crippen molar-refractivity contribution in [3.8, 4) is 5.75 Å². The first-order chi connectivity index (χ1) is 8.88. The number of anilines is 1. The Morgan fingerprint density at radius 3 is 2.89 bits per heavy atom. The van der Waals surface area contributed by atoms with Crippen molar-refractivity contribution in [2.75, 3.05) is 45.4 Å². The summed E-state index contributed by atoms with van der Waals surface area (Å²) in [5, 5.41) is 3.20. The second-order valence-electron chi connectivity index (χ2n) is 3.73. The molecular weight excluding hydrogens is 232 g/mol. The summed E-state index contributed by atoms with van der Waals surface area (Å²) in [7, 11) is 1.66. The Labute approximate surface area is 108 Å². The van der Waals surface area contributed by atoms with Gasteiger partial charge in [-0.25, -0.2) is 4.98 Å². The maximum absolute atomic E-state index is 5.60. The first-order valence-electron chi connectivity index (χ1n) is 6.26. The van der Waals surface area contributed by atoms with Crippen LogP contribution in [0.25, 0.3) is 0 Å². The molecule has 0 amide bonds. The third-order valence-corrected chi connectivity index (χ3v) is 2.20. The number of hydrogen-bond acceptors (Lipinski definition) is 5. The zero-order valence-corrected chi connectivity index (χ0v) is 11.1. The molecule has 0 saturated heterocycles. The molecule has 0 atom stereocenters. The summed E-state index contributed by atoms with van der Waals surface area (Å²) >= 11 is 0. The lowest BCUT2D eigenvalue weighted by Crippen LogP contribution is -2.13. The van der Waals surface area contributed by atoms with Gasteiger partial charge in [-0.15, -0.1) is 0 Å². The molecule has 0 aromatic carbocycles. The van der Waals surface area contributed by atoms with Gasteiger partial charge in [0.2, 0.25) is 0 Å². The minimum atomic E-state index is 0.611. The van der Waals surface area contributed by atoms with Gasteiger partial charge < -0.3 is 19.5 Å². The fraction of sp³-hybridized carbons (Fsp3) is 0.615. The number of rotatable bonds is 10. The molecule has 1 rings (SSSR count). The van der Waals surface area contributed by atoms with Crippen molar-refractivity contribution >= 4 is 5.82 Å². The predicted octanol–water partition coefficient (Wildman–Crippen LogP) is 1.95. The van der Waals surface area contributed by atoms with Crippen LogP contribution in [-0.2, 0) is 9.47 Å². The van der Waals surface area contributed by atoms with Crippen LogP contribution < -0.4 is 10.1 Å². The summed E-state index contributed by atoms with van der Waals surface area (Å²) in [5.74, 6) is 1.55. The van der Waals surface area contributed by atoms with Crippen LogP contribution >= 0.6 is 0 Å². The SMILES string of the molecule is CCCOc1cccnc1NCCOCCOC. The van der Waals surface area contributed by atoms with Gasteiger partial charge in [0.15, 0.2) is 11.6 Å². The van der Waals surface area contributed by atoms with Crippen LogP contribution in [-0.4, -0.2) is 45.1 Å². The van der Waals surface area contributed by atoms with E-state index >= 15 is 0 Å². The first-order valence-corrected chi connectivity index (χ1v) is 6.26. The highest BCUT2D eigenvalue weighted by molar-refractivity contribution is 5.49. The molecule has 5 nitrogen and oxygen atoms in total. The molecular formula is C13H22N2O3. The minimum Gasteiger partial charge on any atom is -0.490 e. The Balaban J connectivity index is 2.27. The van der Waals surface area contributed by atoms with Crippen LogP contribution in [0, 0.1) is 0 Å². The van der Waals surface area contributed by atoms with E-state index in [9.17, 15) is 0 Å². The Bertz CT molecular complexity index is 321. The molecule has 18 heavy (non-hydrogen) atoms. The van der Waals surface area contributed by atoms with Crippen LogP contribution in [0.2, 0.25) is 0 Å². The zero-order valence-electron chi connectivity index (χ0n) is 11.1. The molecule has 1 N–H and O–H groups in total. The summed E-state index contributed by atoms with van der Waals surface area (Å²) in [6.45, 7) is 5.32. The highest BCUT2D eigenvalue weighted by Gasteiger charge is 2.02. The summed E-state index contributed by atoms with van der Waals surface area (Å²) in [4.78, 5) is 4.25. The normalized spacial score (nSPS) is 10.3. The standard InChI is InChI=1S/C13H22N2O3/c1-3-8-18-12-5-4-6-14-13(12)15-7-9-17-11-10-16-2/h4-6H,3,7-11H2,1-2H3,(H,14,15). The van der Waals surface area contributed by atoms with E-state index in [4.69, 9.17) is 14.2 Å².